The van der Waals surface area contributed by atoms with E-state index in [1.165, 1.54) is 0 Å². The quantitative estimate of drug-likeness (QED) is 0.753. The van der Waals surface area contributed by atoms with Crippen molar-refractivity contribution in [3.63, 3.8) is 0 Å². The molecule has 2 rings (SSSR count). The predicted molar refractivity (Wildman–Crippen MR) is 62.7 cm³/mol. The number of carbonyl (C=O) groups is 2. The van der Waals surface area contributed by atoms with Gasteiger partial charge < -0.3 is 14.9 Å². The van der Waals surface area contributed by atoms with Crippen LogP contribution in [0.2, 0.25) is 0 Å². The first-order chi connectivity index (χ1) is 8.11. The second-order valence-electron chi connectivity index (χ2n) is 5.07. The Hall–Kier alpha value is -1.26. The smallest absolute Gasteiger partial charge is 0.326 e. The SMILES string of the molecule is CC1CCCN(C(=O)N2CCCC2)C1C(=O)O. The molecule has 0 spiro atoms. The summed E-state index contributed by atoms with van der Waals surface area (Å²) in [7, 11) is 0. The van der Waals surface area contributed by atoms with Gasteiger partial charge in [-0.1, -0.05) is 6.92 Å². The Morgan fingerprint density at radius 1 is 1.12 bits per heavy atom. The minimum atomic E-state index is -0.871. The molecule has 2 amide bonds. The van der Waals surface area contributed by atoms with E-state index in [0.29, 0.717) is 6.54 Å². The third kappa shape index (κ3) is 2.37. The number of piperidine rings is 1. The Morgan fingerprint density at radius 3 is 2.35 bits per heavy atom. The van der Waals surface area contributed by atoms with Crippen molar-refractivity contribution in [2.45, 2.75) is 38.6 Å². The number of amides is 2. The topological polar surface area (TPSA) is 60.9 Å². The lowest BCUT2D eigenvalue weighted by Crippen LogP contribution is -2.55. The first kappa shape index (κ1) is 12.2. The van der Waals surface area contributed by atoms with E-state index in [9.17, 15) is 14.7 Å². The number of urea groups is 1. The first-order valence-corrected chi connectivity index (χ1v) is 6.39. The number of carboxylic acids is 1. The van der Waals surface area contributed by atoms with Gasteiger partial charge in [0.25, 0.3) is 0 Å². The van der Waals surface area contributed by atoms with Crippen LogP contribution in [-0.4, -0.2) is 52.6 Å². The number of carbonyl (C=O) groups excluding carboxylic acids is 1. The molecule has 0 radical (unpaired) electrons. The Bertz CT molecular complexity index is 313. The highest BCUT2D eigenvalue weighted by atomic mass is 16.4. The molecule has 0 aliphatic carbocycles. The van der Waals surface area contributed by atoms with Crippen LogP contribution >= 0.6 is 0 Å². The summed E-state index contributed by atoms with van der Waals surface area (Å²) in [5.41, 5.74) is 0. The number of nitrogens with zero attached hydrogens (tertiary/aromatic N) is 2. The van der Waals surface area contributed by atoms with E-state index in [2.05, 4.69) is 0 Å². The lowest BCUT2D eigenvalue weighted by Gasteiger charge is -2.39. The molecule has 0 aromatic carbocycles. The van der Waals surface area contributed by atoms with Crippen molar-refractivity contribution in [2.24, 2.45) is 5.92 Å². The van der Waals surface area contributed by atoms with Gasteiger partial charge in [-0.15, -0.1) is 0 Å². The van der Waals surface area contributed by atoms with Crippen LogP contribution in [-0.2, 0) is 4.79 Å². The molecule has 2 saturated heterocycles. The van der Waals surface area contributed by atoms with Crippen molar-refractivity contribution in [1.29, 1.82) is 0 Å². The van der Waals surface area contributed by atoms with Gasteiger partial charge >= 0.3 is 12.0 Å². The molecule has 2 atom stereocenters. The molecule has 17 heavy (non-hydrogen) atoms. The molecule has 0 saturated carbocycles. The van der Waals surface area contributed by atoms with Gasteiger partial charge in [-0.05, 0) is 31.6 Å². The summed E-state index contributed by atoms with van der Waals surface area (Å²) >= 11 is 0. The Morgan fingerprint density at radius 2 is 1.76 bits per heavy atom. The summed E-state index contributed by atoms with van der Waals surface area (Å²) in [6.07, 6.45) is 3.87. The van der Waals surface area contributed by atoms with E-state index in [1.54, 1.807) is 9.80 Å². The minimum absolute atomic E-state index is 0.0489. The van der Waals surface area contributed by atoms with E-state index in [-0.39, 0.29) is 11.9 Å². The molecule has 2 heterocycles. The van der Waals surface area contributed by atoms with Crippen molar-refractivity contribution >= 4 is 12.0 Å². The van der Waals surface area contributed by atoms with Gasteiger partial charge in [0.1, 0.15) is 6.04 Å². The second-order valence-corrected chi connectivity index (χ2v) is 5.07. The summed E-state index contributed by atoms with van der Waals surface area (Å²) in [6, 6.07) is -0.724. The van der Waals surface area contributed by atoms with Gasteiger partial charge in [-0.2, -0.15) is 0 Å². The van der Waals surface area contributed by atoms with Crippen LogP contribution in [0, 0.1) is 5.92 Å². The number of hydrogen-bond acceptors (Lipinski definition) is 2. The Kier molecular flexibility index (Phi) is 3.54. The second kappa shape index (κ2) is 4.94. The largest absolute Gasteiger partial charge is 0.480 e. The van der Waals surface area contributed by atoms with Gasteiger partial charge in [0.05, 0.1) is 0 Å². The predicted octanol–water partition coefficient (Wildman–Crippen LogP) is 1.39. The molecule has 2 aliphatic rings. The number of carboxylic acid groups (broad SMARTS) is 1. The number of likely N-dealkylation sites (tertiary alicyclic amines) is 2. The molecule has 5 heteroatoms. The molecule has 96 valence electrons. The maximum atomic E-state index is 12.2. The Labute approximate surface area is 101 Å². The van der Waals surface area contributed by atoms with E-state index >= 15 is 0 Å². The zero-order valence-corrected chi connectivity index (χ0v) is 10.3. The van der Waals surface area contributed by atoms with Gasteiger partial charge in [-0.25, -0.2) is 9.59 Å². The highest BCUT2D eigenvalue weighted by Crippen LogP contribution is 2.25. The van der Waals surface area contributed by atoms with Crippen molar-refractivity contribution in [1.82, 2.24) is 9.80 Å². The normalized spacial score (nSPS) is 29.5. The van der Waals surface area contributed by atoms with Crippen LogP contribution < -0.4 is 0 Å². The molecule has 2 unspecified atom stereocenters. The summed E-state index contributed by atoms with van der Waals surface area (Å²) in [4.78, 5) is 26.9. The molecule has 0 bridgehead atoms. The van der Waals surface area contributed by atoms with E-state index in [0.717, 1.165) is 38.8 Å². The van der Waals surface area contributed by atoms with Crippen LogP contribution in [0.4, 0.5) is 4.79 Å². The monoisotopic (exact) mass is 240 g/mol. The summed E-state index contributed by atoms with van der Waals surface area (Å²) in [5, 5.41) is 9.26. The number of rotatable bonds is 1. The van der Waals surface area contributed by atoms with E-state index < -0.39 is 12.0 Å². The van der Waals surface area contributed by atoms with Crippen LogP contribution in [0.3, 0.4) is 0 Å². The standard InChI is InChI=1S/C12H20N2O3/c1-9-5-4-8-14(10(9)11(15)16)12(17)13-6-2-3-7-13/h9-10H,2-8H2,1H3,(H,15,16). The molecule has 2 aliphatic heterocycles. The fraction of sp³-hybridized carbons (Fsp3) is 0.833. The van der Waals surface area contributed by atoms with Gasteiger partial charge in [-0.3, -0.25) is 0 Å². The molecule has 5 nitrogen and oxygen atoms in total. The average Bonchev–Trinajstić information content (AvgIpc) is 2.80. The lowest BCUT2D eigenvalue weighted by atomic mass is 9.91. The molecular formula is C12H20N2O3. The van der Waals surface area contributed by atoms with E-state index in [4.69, 9.17) is 0 Å². The molecule has 2 fully saturated rings. The molecular weight excluding hydrogens is 220 g/mol. The van der Waals surface area contributed by atoms with Gasteiger partial charge in [0.15, 0.2) is 0 Å². The van der Waals surface area contributed by atoms with Crippen molar-refractivity contribution in [2.75, 3.05) is 19.6 Å². The molecule has 0 aromatic rings. The van der Waals surface area contributed by atoms with Crippen LogP contribution in [0.1, 0.15) is 32.6 Å². The third-order valence-electron chi connectivity index (χ3n) is 3.81. The van der Waals surface area contributed by atoms with Gasteiger partial charge in [0.2, 0.25) is 0 Å². The highest BCUT2D eigenvalue weighted by Gasteiger charge is 2.39. The van der Waals surface area contributed by atoms with E-state index in [1.807, 2.05) is 6.92 Å². The lowest BCUT2D eigenvalue weighted by molar-refractivity contribution is -0.145. The van der Waals surface area contributed by atoms with Crippen LogP contribution in [0.5, 0.6) is 0 Å². The fourth-order valence-electron chi connectivity index (χ4n) is 2.87. The van der Waals surface area contributed by atoms with Crippen LogP contribution in [0.15, 0.2) is 0 Å². The Balaban J connectivity index is 2.10. The highest BCUT2D eigenvalue weighted by molar-refractivity contribution is 5.83. The van der Waals surface area contributed by atoms with Crippen molar-refractivity contribution in [3.05, 3.63) is 0 Å². The summed E-state index contributed by atoms with van der Waals surface area (Å²) in [6.45, 7) is 4.05. The maximum absolute atomic E-state index is 12.2. The number of hydrogen-bond donors (Lipinski definition) is 1. The summed E-state index contributed by atoms with van der Waals surface area (Å²) < 4.78 is 0. The zero-order chi connectivity index (χ0) is 12.4. The fourth-order valence-corrected chi connectivity index (χ4v) is 2.87. The molecule has 1 N–H and O–H groups in total. The maximum Gasteiger partial charge on any atom is 0.326 e. The third-order valence-corrected chi connectivity index (χ3v) is 3.81. The zero-order valence-electron chi connectivity index (χ0n) is 10.3. The van der Waals surface area contributed by atoms with Gasteiger partial charge in [0, 0.05) is 19.6 Å². The van der Waals surface area contributed by atoms with Crippen LogP contribution in [0.25, 0.3) is 0 Å². The van der Waals surface area contributed by atoms with Crippen molar-refractivity contribution in [3.8, 4) is 0 Å². The molecule has 0 aromatic heterocycles. The number of aliphatic carboxylic acids is 1. The minimum Gasteiger partial charge on any atom is -0.480 e. The van der Waals surface area contributed by atoms with Crippen molar-refractivity contribution < 1.29 is 14.7 Å². The average molecular weight is 240 g/mol. The summed E-state index contributed by atoms with van der Waals surface area (Å²) in [5.74, 6) is -0.822. The first-order valence-electron chi connectivity index (χ1n) is 6.39.